The summed E-state index contributed by atoms with van der Waals surface area (Å²) < 4.78 is 0. The summed E-state index contributed by atoms with van der Waals surface area (Å²) in [4.78, 5) is 0. The van der Waals surface area contributed by atoms with Gasteiger partial charge in [0.1, 0.15) is 5.75 Å². The summed E-state index contributed by atoms with van der Waals surface area (Å²) in [6.45, 7) is 0.799. The average molecular weight is 207 g/mol. The molecule has 0 amide bonds. The van der Waals surface area contributed by atoms with Gasteiger partial charge in [-0.05, 0) is 25.3 Å². The number of aliphatic hydroxyl groups excluding tert-OH is 1. The molecule has 0 radical (unpaired) electrons. The smallest absolute Gasteiger partial charge is 0.120 e. The third-order valence-electron chi connectivity index (χ3n) is 3.26. The number of nitrogens with one attached hydrogen (secondary N) is 1. The van der Waals surface area contributed by atoms with Crippen LogP contribution >= 0.6 is 0 Å². The normalized spacial score (nSPS) is 18.5. The van der Waals surface area contributed by atoms with Crippen LogP contribution in [0.1, 0.15) is 24.8 Å². The zero-order valence-electron chi connectivity index (χ0n) is 8.74. The molecule has 0 aromatic heterocycles. The maximum Gasteiger partial charge on any atom is 0.120 e. The molecule has 0 aliphatic heterocycles. The first-order valence-corrected chi connectivity index (χ1v) is 5.38. The highest BCUT2D eigenvalue weighted by Crippen LogP contribution is 2.31. The summed E-state index contributed by atoms with van der Waals surface area (Å²) in [5.41, 5.74) is 0.791. The van der Waals surface area contributed by atoms with Crippen LogP contribution in [-0.2, 0) is 6.54 Å². The van der Waals surface area contributed by atoms with Crippen molar-refractivity contribution in [3.63, 3.8) is 0 Å². The third kappa shape index (κ3) is 2.13. The Balaban J connectivity index is 1.95. The molecule has 1 aromatic rings. The van der Waals surface area contributed by atoms with E-state index < -0.39 is 0 Å². The van der Waals surface area contributed by atoms with Gasteiger partial charge in [0.05, 0.1) is 6.61 Å². The number of hydrogen-bond acceptors (Lipinski definition) is 3. The number of rotatable bonds is 4. The fourth-order valence-corrected chi connectivity index (χ4v) is 1.94. The Morgan fingerprint density at radius 3 is 2.53 bits per heavy atom. The van der Waals surface area contributed by atoms with Crippen molar-refractivity contribution in [2.75, 3.05) is 6.61 Å². The number of benzene rings is 1. The summed E-state index contributed by atoms with van der Waals surface area (Å²) >= 11 is 0. The summed E-state index contributed by atoms with van der Waals surface area (Å²) in [7, 11) is 0. The molecule has 3 N–H and O–H groups in total. The largest absolute Gasteiger partial charge is 0.508 e. The molecule has 15 heavy (non-hydrogen) atoms. The fraction of sp³-hybridized carbons (Fsp3) is 0.500. The lowest BCUT2D eigenvalue weighted by molar-refractivity contribution is 0.0870. The van der Waals surface area contributed by atoms with Crippen LogP contribution in [0.3, 0.4) is 0 Å². The van der Waals surface area contributed by atoms with Gasteiger partial charge < -0.3 is 15.5 Å². The van der Waals surface area contributed by atoms with Crippen molar-refractivity contribution in [3.8, 4) is 5.75 Å². The van der Waals surface area contributed by atoms with Crippen molar-refractivity contribution in [2.24, 2.45) is 0 Å². The Bertz CT molecular complexity index is 329. The Morgan fingerprint density at radius 2 is 2.00 bits per heavy atom. The summed E-state index contributed by atoms with van der Waals surface area (Å²) in [5, 5.41) is 22.2. The van der Waals surface area contributed by atoms with E-state index in [1.165, 1.54) is 6.42 Å². The topological polar surface area (TPSA) is 52.5 Å². The maximum absolute atomic E-state index is 9.57. The van der Waals surface area contributed by atoms with E-state index in [2.05, 4.69) is 5.32 Å². The molecule has 2 rings (SSSR count). The van der Waals surface area contributed by atoms with Gasteiger partial charge in [0, 0.05) is 17.6 Å². The molecule has 0 unspecified atom stereocenters. The van der Waals surface area contributed by atoms with Crippen molar-refractivity contribution >= 4 is 0 Å². The molecule has 3 nitrogen and oxygen atoms in total. The minimum atomic E-state index is -0.0950. The van der Waals surface area contributed by atoms with Gasteiger partial charge in [-0.3, -0.25) is 0 Å². The highest BCUT2D eigenvalue weighted by Gasteiger charge is 2.35. The number of phenolic OH excluding ortho intramolecular Hbond substituents is 1. The number of hydrogen-bond donors (Lipinski definition) is 3. The first kappa shape index (κ1) is 10.5. The Hall–Kier alpha value is -1.06. The average Bonchev–Trinajstić information content (AvgIpc) is 2.19. The van der Waals surface area contributed by atoms with Crippen LogP contribution in [0.5, 0.6) is 5.75 Å². The molecule has 3 heteroatoms. The van der Waals surface area contributed by atoms with Gasteiger partial charge in [-0.15, -0.1) is 0 Å². The molecule has 0 spiro atoms. The lowest BCUT2D eigenvalue weighted by atomic mass is 9.77. The van der Waals surface area contributed by atoms with Crippen LogP contribution in [0, 0.1) is 0 Å². The Labute approximate surface area is 89.8 Å². The number of para-hydroxylation sites is 1. The van der Waals surface area contributed by atoms with Crippen molar-refractivity contribution in [1.29, 1.82) is 0 Å². The Kier molecular flexibility index (Phi) is 2.93. The maximum atomic E-state index is 9.57. The fourth-order valence-electron chi connectivity index (χ4n) is 1.94. The van der Waals surface area contributed by atoms with Crippen LogP contribution in [0.25, 0.3) is 0 Å². The molecule has 1 aliphatic carbocycles. The van der Waals surface area contributed by atoms with Gasteiger partial charge in [0.15, 0.2) is 0 Å². The van der Waals surface area contributed by atoms with E-state index in [1.807, 2.05) is 18.2 Å². The molecule has 82 valence electrons. The lowest BCUT2D eigenvalue weighted by Crippen LogP contribution is -2.53. The van der Waals surface area contributed by atoms with Crippen molar-refractivity contribution in [2.45, 2.75) is 31.3 Å². The zero-order chi connectivity index (χ0) is 10.7. The second-order valence-corrected chi connectivity index (χ2v) is 4.27. The first-order valence-electron chi connectivity index (χ1n) is 5.38. The van der Waals surface area contributed by atoms with E-state index in [-0.39, 0.29) is 12.1 Å². The molecule has 1 fully saturated rings. The predicted molar refractivity (Wildman–Crippen MR) is 58.6 cm³/mol. The van der Waals surface area contributed by atoms with E-state index in [0.717, 1.165) is 18.4 Å². The van der Waals surface area contributed by atoms with Gasteiger partial charge in [0.25, 0.3) is 0 Å². The molecular weight excluding hydrogens is 190 g/mol. The molecule has 1 saturated carbocycles. The van der Waals surface area contributed by atoms with Gasteiger partial charge in [-0.25, -0.2) is 0 Å². The summed E-state index contributed by atoms with van der Waals surface area (Å²) in [6, 6.07) is 7.29. The third-order valence-corrected chi connectivity index (χ3v) is 3.26. The van der Waals surface area contributed by atoms with Crippen LogP contribution in [0.4, 0.5) is 0 Å². The van der Waals surface area contributed by atoms with Gasteiger partial charge in [0.2, 0.25) is 0 Å². The van der Waals surface area contributed by atoms with E-state index in [0.29, 0.717) is 12.3 Å². The number of phenols is 1. The lowest BCUT2D eigenvalue weighted by Gasteiger charge is -2.41. The van der Waals surface area contributed by atoms with E-state index >= 15 is 0 Å². The Morgan fingerprint density at radius 1 is 1.27 bits per heavy atom. The summed E-state index contributed by atoms with van der Waals surface area (Å²) in [6.07, 6.45) is 3.22. The van der Waals surface area contributed by atoms with Crippen LogP contribution in [-0.4, -0.2) is 22.4 Å². The van der Waals surface area contributed by atoms with Crippen molar-refractivity contribution in [1.82, 2.24) is 5.32 Å². The van der Waals surface area contributed by atoms with Crippen LogP contribution < -0.4 is 5.32 Å². The van der Waals surface area contributed by atoms with E-state index in [9.17, 15) is 10.2 Å². The van der Waals surface area contributed by atoms with E-state index in [1.54, 1.807) is 6.07 Å². The quantitative estimate of drug-likeness (QED) is 0.699. The predicted octanol–water partition coefficient (Wildman–Crippen LogP) is 1.40. The molecule has 0 saturated heterocycles. The van der Waals surface area contributed by atoms with Gasteiger partial charge in [-0.2, -0.15) is 0 Å². The van der Waals surface area contributed by atoms with Crippen molar-refractivity contribution in [3.05, 3.63) is 29.8 Å². The minimum absolute atomic E-state index is 0.0950. The highest BCUT2D eigenvalue weighted by atomic mass is 16.3. The monoisotopic (exact) mass is 207 g/mol. The molecule has 1 aliphatic rings. The number of aliphatic hydroxyl groups is 1. The molecular formula is C12H17NO2. The van der Waals surface area contributed by atoms with E-state index in [4.69, 9.17) is 0 Å². The van der Waals surface area contributed by atoms with Crippen molar-refractivity contribution < 1.29 is 10.2 Å². The summed E-state index contributed by atoms with van der Waals surface area (Å²) in [5.74, 6) is 0.317. The van der Waals surface area contributed by atoms with Gasteiger partial charge >= 0.3 is 0 Å². The second-order valence-electron chi connectivity index (χ2n) is 4.27. The van der Waals surface area contributed by atoms with Crippen LogP contribution in [0.2, 0.25) is 0 Å². The zero-order valence-corrected chi connectivity index (χ0v) is 8.74. The standard InChI is InChI=1S/C12H17NO2/c14-9-12(6-3-7-12)13-8-10-4-1-2-5-11(10)15/h1-2,4-5,13-15H,3,6-9H2. The molecule has 0 bridgehead atoms. The molecule has 0 heterocycles. The van der Waals surface area contributed by atoms with Gasteiger partial charge in [-0.1, -0.05) is 18.2 Å². The second kappa shape index (κ2) is 4.21. The molecule has 1 aromatic carbocycles. The van der Waals surface area contributed by atoms with Crippen LogP contribution in [0.15, 0.2) is 24.3 Å². The minimum Gasteiger partial charge on any atom is -0.508 e. The number of aromatic hydroxyl groups is 1. The SMILES string of the molecule is OCC1(NCc2ccccc2O)CCC1. The first-order chi connectivity index (χ1) is 7.26. The molecule has 0 atom stereocenters. The highest BCUT2D eigenvalue weighted by molar-refractivity contribution is 5.31.